The number of carbonyl (C=O) groups is 4. The maximum atomic E-state index is 13.0. The number of carbonyl (C=O) groups excluding carboxylic acids is 3. The van der Waals surface area contributed by atoms with Gasteiger partial charge in [-0.15, -0.1) is 0 Å². The molecule has 4 N–H and O–H groups in total. The van der Waals surface area contributed by atoms with Crippen LogP contribution in [-0.4, -0.2) is 54.2 Å². The quantitative estimate of drug-likeness (QED) is 0.268. The number of aliphatic carboxylic acids is 1. The molecule has 0 aromatic heterocycles. The predicted molar refractivity (Wildman–Crippen MR) is 135 cm³/mol. The van der Waals surface area contributed by atoms with Crippen molar-refractivity contribution in [3.05, 3.63) is 12.2 Å². The molecule has 1 heterocycles. The molecule has 200 valence electrons. The topological polar surface area (TPSA) is 134 Å². The van der Waals surface area contributed by atoms with Crippen LogP contribution in [0.25, 0.3) is 0 Å². The van der Waals surface area contributed by atoms with Gasteiger partial charge < -0.3 is 25.8 Å². The molecular weight excluding hydrogens is 450 g/mol. The number of nitrogens with one attached hydrogen (secondary N) is 3. The number of carboxylic acids is 1. The van der Waals surface area contributed by atoms with E-state index in [1.165, 1.54) is 13.5 Å². The third kappa shape index (κ3) is 12.6. The minimum Gasteiger partial charge on any atom is -0.480 e. The average molecular weight is 496 g/mol. The Morgan fingerprint density at radius 1 is 1.14 bits per heavy atom. The first-order valence-corrected chi connectivity index (χ1v) is 13.0. The fourth-order valence-corrected chi connectivity index (χ4v) is 4.22. The van der Waals surface area contributed by atoms with E-state index in [9.17, 15) is 24.3 Å². The van der Waals surface area contributed by atoms with Crippen LogP contribution in [0.15, 0.2) is 12.2 Å². The van der Waals surface area contributed by atoms with Crippen molar-refractivity contribution in [2.75, 3.05) is 7.05 Å². The summed E-state index contributed by atoms with van der Waals surface area (Å²) in [4.78, 5) is 49.9. The van der Waals surface area contributed by atoms with Crippen LogP contribution in [0.3, 0.4) is 0 Å². The fraction of sp³-hybridized carbons (Fsp3) is 0.769. The maximum absolute atomic E-state index is 13.0. The summed E-state index contributed by atoms with van der Waals surface area (Å²) in [5.74, 6) is -2.63. The van der Waals surface area contributed by atoms with E-state index in [2.05, 4.69) is 22.9 Å². The van der Waals surface area contributed by atoms with Crippen LogP contribution in [0.2, 0.25) is 0 Å². The number of cyclic esters (lactones) is 1. The Morgan fingerprint density at radius 2 is 1.86 bits per heavy atom. The summed E-state index contributed by atoms with van der Waals surface area (Å²) in [6.07, 6.45) is 11.1. The van der Waals surface area contributed by atoms with Gasteiger partial charge in [-0.05, 0) is 50.9 Å². The van der Waals surface area contributed by atoms with Gasteiger partial charge in [0.05, 0.1) is 0 Å². The Morgan fingerprint density at radius 3 is 2.49 bits per heavy atom. The predicted octanol–water partition coefficient (Wildman–Crippen LogP) is 3.92. The Hall–Kier alpha value is -2.58. The third-order valence-corrected chi connectivity index (χ3v) is 6.21. The zero-order valence-electron chi connectivity index (χ0n) is 21.8. The highest BCUT2D eigenvalue weighted by molar-refractivity contribution is 5.89. The van der Waals surface area contributed by atoms with E-state index in [0.717, 1.165) is 32.1 Å². The molecule has 0 saturated carbocycles. The molecule has 4 atom stereocenters. The van der Waals surface area contributed by atoms with Crippen LogP contribution >= 0.6 is 0 Å². The molecule has 35 heavy (non-hydrogen) atoms. The van der Waals surface area contributed by atoms with Gasteiger partial charge in [-0.25, -0.2) is 9.59 Å². The first-order chi connectivity index (χ1) is 16.7. The van der Waals surface area contributed by atoms with Gasteiger partial charge in [0, 0.05) is 13.0 Å². The highest BCUT2D eigenvalue weighted by Crippen LogP contribution is 2.18. The second-order valence-electron chi connectivity index (χ2n) is 9.79. The molecule has 9 heteroatoms. The highest BCUT2D eigenvalue weighted by atomic mass is 16.6. The molecule has 0 aromatic rings. The molecular formula is C26H45N3O6. The van der Waals surface area contributed by atoms with E-state index < -0.39 is 36.0 Å². The van der Waals surface area contributed by atoms with Gasteiger partial charge in [-0.1, -0.05) is 58.6 Å². The molecule has 0 spiro atoms. The largest absolute Gasteiger partial charge is 0.480 e. The molecule has 0 aromatic carbocycles. The normalized spacial score (nSPS) is 25.4. The van der Waals surface area contributed by atoms with E-state index in [-0.39, 0.29) is 24.3 Å². The van der Waals surface area contributed by atoms with Crippen molar-refractivity contribution in [1.29, 1.82) is 0 Å². The smallest absolute Gasteiger partial charge is 0.408 e. The van der Waals surface area contributed by atoms with E-state index in [1.807, 2.05) is 26.0 Å². The van der Waals surface area contributed by atoms with Crippen LogP contribution in [-0.2, 0) is 19.1 Å². The third-order valence-electron chi connectivity index (χ3n) is 6.21. The molecule has 2 unspecified atom stereocenters. The summed E-state index contributed by atoms with van der Waals surface area (Å²) in [5, 5.41) is 17.4. The fourth-order valence-electron chi connectivity index (χ4n) is 4.22. The molecule has 1 rings (SSSR count). The molecule has 0 radical (unpaired) electrons. The Labute approximate surface area is 209 Å². The van der Waals surface area contributed by atoms with Crippen LogP contribution < -0.4 is 16.0 Å². The number of unbranched alkanes of at least 4 members (excludes halogenated alkanes) is 4. The number of rotatable bonds is 10. The van der Waals surface area contributed by atoms with Crippen molar-refractivity contribution in [3.63, 3.8) is 0 Å². The number of hydrogen-bond donors (Lipinski definition) is 4. The van der Waals surface area contributed by atoms with Gasteiger partial charge in [-0.2, -0.15) is 0 Å². The molecule has 1 aliphatic heterocycles. The van der Waals surface area contributed by atoms with Gasteiger partial charge in [0.25, 0.3) is 0 Å². The lowest BCUT2D eigenvalue weighted by molar-refractivity contribution is -0.143. The van der Waals surface area contributed by atoms with Crippen molar-refractivity contribution in [2.24, 2.45) is 11.8 Å². The minimum absolute atomic E-state index is 0.0513. The van der Waals surface area contributed by atoms with Crippen molar-refractivity contribution in [2.45, 2.75) is 110 Å². The number of allylic oxidation sites excluding steroid dienone is 2. The SMILES string of the molecule is CCCCCCCC1CC/C=C\CC(C(=O)NC)C[C@@H](C(=O)O)NC(=O)[C@H](CC(C)C)NC(=O)O1. The van der Waals surface area contributed by atoms with Crippen LogP contribution in [0.5, 0.6) is 0 Å². The maximum Gasteiger partial charge on any atom is 0.408 e. The average Bonchev–Trinajstić information content (AvgIpc) is 2.80. The summed E-state index contributed by atoms with van der Waals surface area (Å²) in [7, 11) is 1.51. The Kier molecular flexibility index (Phi) is 14.7. The molecule has 0 bridgehead atoms. The Bertz CT molecular complexity index is 709. The van der Waals surface area contributed by atoms with Crippen LogP contribution in [0.1, 0.15) is 91.4 Å². The van der Waals surface area contributed by atoms with E-state index in [1.54, 1.807) is 0 Å². The van der Waals surface area contributed by atoms with Crippen molar-refractivity contribution >= 4 is 23.9 Å². The Balaban J connectivity index is 3.08. The number of ether oxygens (including phenoxy) is 1. The number of alkyl carbamates (subject to hydrolysis) is 1. The first-order valence-electron chi connectivity index (χ1n) is 13.0. The second-order valence-corrected chi connectivity index (χ2v) is 9.79. The zero-order chi connectivity index (χ0) is 26.2. The molecule has 0 saturated heterocycles. The van der Waals surface area contributed by atoms with E-state index in [4.69, 9.17) is 4.74 Å². The molecule has 0 fully saturated rings. The summed E-state index contributed by atoms with van der Waals surface area (Å²) in [5.41, 5.74) is 0. The summed E-state index contributed by atoms with van der Waals surface area (Å²) in [6, 6.07) is -2.19. The summed E-state index contributed by atoms with van der Waals surface area (Å²) >= 11 is 0. The van der Waals surface area contributed by atoms with Gasteiger partial charge in [-0.3, -0.25) is 9.59 Å². The lowest BCUT2D eigenvalue weighted by Crippen LogP contribution is -2.53. The van der Waals surface area contributed by atoms with Gasteiger partial charge in [0.2, 0.25) is 11.8 Å². The van der Waals surface area contributed by atoms with Crippen molar-refractivity contribution < 1.29 is 29.0 Å². The van der Waals surface area contributed by atoms with E-state index in [0.29, 0.717) is 25.7 Å². The van der Waals surface area contributed by atoms with Crippen molar-refractivity contribution in [3.8, 4) is 0 Å². The zero-order valence-corrected chi connectivity index (χ0v) is 21.8. The van der Waals surface area contributed by atoms with Gasteiger partial charge >= 0.3 is 12.1 Å². The molecule has 9 nitrogen and oxygen atoms in total. The van der Waals surface area contributed by atoms with Gasteiger partial charge in [0.1, 0.15) is 18.2 Å². The second kappa shape index (κ2) is 16.9. The summed E-state index contributed by atoms with van der Waals surface area (Å²) < 4.78 is 5.70. The molecule has 0 aliphatic carbocycles. The monoisotopic (exact) mass is 495 g/mol. The van der Waals surface area contributed by atoms with Gasteiger partial charge in [0.15, 0.2) is 0 Å². The molecule has 3 amide bonds. The van der Waals surface area contributed by atoms with Crippen LogP contribution in [0, 0.1) is 11.8 Å². The highest BCUT2D eigenvalue weighted by Gasteiger charge is 2.31. The minimum atomic E-state index is -1.26. The first kappa shape index (κ1) is 30.5. The molecule has 1 aliphatic rings. The lowest BCUT2D eigenvalue weighted by atomic mass is 9.94. The van der Waals surface area contributed by atoms with Crippen molar-refractivity contribution in [1.82, 2.24) is 16.0 Å². The number of carboxylic acid groups (broad SMARTS) is 1. The lowest BCUT2D eigenvalue weighted by Gasteiger charge is -2.25. The van der Waals surface area contributed by atoms with Crippen LogP contribution in [0.4, 0.5) is 4.79 Å². The van der Waals surface area contributed by atoms with E-state index >= 15 is 0 Å². The summed E-state index contributed by atoms with van der Waals surface area (Å²) in [6.45, 7) is 5.99. The number of amides is 3. The standard InChI is InChI=1S/C26H45N3O6/c1-5-6-7-8-11-14-20-15-12-9-10-13-19(23(30)27-4)17-22(25(32)33)28-24(31)21(16-18(2)3)29-26(34)35-20/h9-10,18-22H,5-8,11-17H2,1-4H3,(H,27,30)(H,28,31)(H,29,34)(H,32,33)/b10-9-/t19?,20?,21-,22-/m0/s1. The number of hydrogen-bond acceptors (Lipinski definition) is 5.